The van der Waals surface area contributed by atoms with Crippen LogP contribution in [0.3, 0.4) is 0 Å². The fraction of sp³-hybridized carbons (Fsp3) is 0.933. The van der Waals surface area contributed by atoms with E-state index in [-0.39, 0.29) is 0 Å². The van der Waals surface area contributed by atoms with Crippen LogP contribution in [0.5, 0.6) is 0 Å². The summed E-state index contributed by atoms with van der Waals surface area (Å²) in [6.07, 6.45) is 11.7. The minimum Gasteiger partial charge on any atom is -0.275 e. The van der Waals surface area contributed by atoms with Crippen LogP contribution in [0.1, 0.15) is 78.6 Å². The standard InChI is InChI=1S/C15H29NS/c1-4-7-10-14-16-15(13-17-14,11-8-5-2)12-9-6-3/h4-13H2,1-3H3. The zero-order chi connectivity index (χ0) is 12.6. The van der Waals surface area contributed by atoms with Gasteiger partial charge in [0, 0.05) is 5.75 Å². The molecule has 0 unspecified atom stereocenters. The molecule has 1 rings (SSSR count). The fourth-order valence-corrected chi connectivity index (χ4v) is 3.73. The number of hydrogen-bond donors (Lipinski definition) is 0. The molecule has 1 aliphatic rings. The van der Waals surface area contributed by atoms with Crippen molar-refractivity contribution in [3.05, 3.63) is 0 Å². The van der Waals surface area contributed by atoms with Crippen molar-refractivity contribution < 1.29 is 0 Å². The number of unbranched alkanes of at least 4 members (excludes halogenated alkanes) is 3. The molecule has 17 heavy (non-hydrogen) atoms. The minimum absolute atomic E-state index is 0.319. The topological polar surface area (TPSA) is 12.4 Å². The summed E-state index contributed by atoms with van der Waals surface area (Å²) in [7, 11) is 0. The highest BCUT2D eigenvalue weighted by atomic mass is 32.2. The van der Waals surface area contributed by atoms with E-state index in [2.05, 4.69) is 20.8 Å². The fourth-order valence-electron chi connectivity index (χ4n) is 2.40. The molecule has 100 valence electrons. The maximum atomic E-state index is 5.11. The van der Waals surface area contributed by atoms with E-state index >= 15 is 0 Å². The van der Waals surface area contributed by atoms with Gasteiger partial charge in [0.1, 0.15) is 0 Å². The van der Waals surface area contributed by atoms with Crippen LogP contribution in [0.2, 0.25) is 0 Å². The Morgan fingerprint density at radius 1 is 1.00 bits per heavy atom. The van der Waals surface area contributed by atoms with Gasteiger partial charge in [0.2, 0.25) is 0 Å². The molecule has 0 aromatic heterocycles. The van der Waals surface area contributed by atoms with Gasteiger partial charge in [-0.05, 0) is 25.7 Å². The van der Waals surface area contributed by atoms with Crippen molar-refractivity contribution in [3.63, 3.8) is 0 Å². The van der Waals surface area contributed by atoms with Crippen LogP contribution in [0.15, 0.2) is 4.99 Å². The lowest BCUT2D eigenvalue weighted by Gasteiger charge is -2.25. The van der Waals surface area contributed by atoms with Crippen molar-refractivity contribution in [3.8, 4) is 0 Å². The first-order chi connectivity index (χ1) is 8.26. The highest BCUT2D eigenvalue weighted by Crippen LogP contribution is 2.37. The number of thioether (sulfide) groups is 1. The second-order valence-electron chi connectivity index (χ2n) is 5.33. The van der Waals surface area contributed by atoms with Crippen molar-refractivity contribution in [1.29, 1.82) is 0 Å². The minimum atomic E-state index is 0.319. The largest absolute Gasteiger partial charge is 0.275 e. The van der Waals surface area contributed by atoms with Crippen molar-refractivity contribution in [1.82, 2.24) is 0 Å². The lowest BCUT2D eigenvalue weighted by molar-refractivity contribution is 0.390. The van der Waals surface area contributed by atoms with E-state index in [9.17, 15) is 0 Å². The average Bonchev–Trinajstić information content (AvgIpc) is 2.76. The first kappa shape index (κ1) is 15.1. The van der Waals surface area contributed by atoms with Crippen molar-refractivity contribution in [2.75, 3.05) is 5.75 Å². The molecule has 0 amide bonds. The second kappa shape index (κ2) is 8.18. The smallest absolute Gasteiger partial charge is 0.0711 e. The maximum absolute atomic E-state index is 5.11. The van der Waals surface area contributed by atoms with E-state index < -0.39 is 0 Å². The van der Waals surface area contributed by atoms with E-state index in [1.165, 1.54) is 68.6 Å². The molecule has 1 heterocycles. The number of nitrogens with zero attached hydrogens (tertiary/aromatic N) is 1. The Bertz CT molecular complexity index is 227. The maximum Gasteiger partial charge on any atom is 0.0711 e. The predicted octanol–water partition coefficient (Wildman–Crippen LogP) is 5.44. The monoisotopic (exact) mass is 255 g/mol. The number of rotatable bonds is 9. The van der Waals surface area contributed by atoms with Gasteiger partial charge in [-0.15, -0.1) is 11.8 Å². The van der Waals surface area contributed by atoms with E-state index in [0.717, 1.165) is 0 Å². The molecule has 1 aliphatic heterocycles. The Kier molecular flexibility index (Phi) is 7.26. The molecule has 0 saturated heterocycles. The highest BCUT2D eigenvalue weighted by Gasteiger charge is 2.33. The molecular formula is C15H29NS. The quantitative estimate of drug-likeness (QED) is 0.534. The van der Waals surface area contributed by atoms with Crippen molar-refractivity contribution >= 4 is 16.8 Å². The molecule has 0 saturated carbocycles. The van der Waals surface area contributed by atoms with Crippen LogP contribution in [0, 0.1) is 0 Å². The molecule has 1 nitrogen and oxygen atoms in total. The second-order valence-corrected chi connectivity index (χ2v) is 6.38. The van der Waals surface area contributed by atoms with Crippen LogP contribution in [-0.4, -0.2) is 16.3 Å². The van der Waals surface area contributed by atoms with Gasteiger partial charge in [-0.3, -0.25) is 4.99 Å². The van der Waals surface area contributed by atoms with Crippen LogP contribution in [0.4, 0.5) is 0 Å². The van der Waals surface area contributed by atoms with Crippen LogP contribution >= 0.6 is 11.8 Å². The van der Waals surface area contributed by atoms with Gasteiger partial charge in [-0.1, -0.05) is 52.9 Å². The Morgan fingerprint density at radius 3 is 2.12 bits per heavy atom. The molecule has 0 aliphatic carbocycles. The Labute approximate surface area is 112 Å². The van der Waals surface area contributed by atoms with Crippen LogP contribution in [0.25, 0.3) is 0 Å². The Hall–Kier alpha value is 0.0200. The molecule has 0 spiro atoms. The summed E-state index contributed by atoms with van der Waals surface area (Å²) in [6.45, 7) is 6.84. The number of hydrogen-bond acceptors (Lipinski definition) is 2. The summed E-state index contributed by atoms with van der Waals surface area (Å²) in [5.74, 6) is 1.26. The van der Waals surface area contributed by atoms with Gasteiger partial charge in [-0.25, -0.2) is 0 Å². The third-order valence-electron chi connectivity index (χ3n) is 3.60. The van der Waals surface area contributed by atoms with Gasteiger partial charge in [0.15, 0.2) is 0 Å². The first-order valence-electron chi connectivity index (χ1n) is 7.48. The molecule has 0 atom stereocenters. The lowest BCUT2D eigenvalue weighted by atomic mass is 9.89. The van der Waals surface area contributed by atoms with E-state index in [1.807, 2.05) is 11.8 Å². The van der Waals surface area contributed by atoms with Crippen LogP contribution in [-0.2, 0) is 0 Å². The first-order valence-corrected chi connectivity index (χ1v) is 8.46. The summed E-state index contributed by atoms with van der Waals surface area (Å²) in [6, 6.07) is 0. The molecule has 0 N–H and O–H groups in total. The van der Waals surface area contributed by atoms with Gasteiger partial charge < -0.3 is 0 Å². The summed E-state index contributed by atoms with van der Waals surface area (Å²) in [5, 5.41) is 1.44. The molecule has 0 aromatic rings. The van der Waals surface area contributed by atoms with Crippen molar-refractivity contribution in [2.24, 2.45) is 4.99 Å². The van der Waals surface area contributed by atoms with Gasteiger partial charge in [0.25, 0.3) is 0 Å². The Morgan fingerprint density at radius 2 is 1.59 bits per heavy atom. The third-order valence-corrected chi connectivity index (χ3v) is 4.92. The third kappa shape index (κ3) is 5.03. The zero-order valence-corrected chi connectivity index (χ0v) is 12.7. The molecule has 0 fully saturated rings. The molecule has 0 radical (unpaired) electrons. The zero-order valence-electron chi connectivity index (χ0n) is 11.9. The average molecular weight is 255 g/mol. The number of aliphatic imine (C=N–C) groups is 1. The van der Waals surface area contributed by atoms with Gasteiger partial charge in [-0.2, -0.15) is 0 Å². The van der Waals surface area contributed by atoms with Gasteiger partial charge in [0.05, 0.1) is 10.6 Å². The molecule has 2 heteroatoms. The van der Waals surface area contributed by atoms with E-state index in [1.54, 1.807) is 0 Å². The van der Waals surface area contributed by atoms with Crippen LogP contribution < -0.4 is 0 Å². The summed E-state index contributed by atoms with van der Waals surface area (Å²) >= 11 is 2.04. The SMILES string of the molecule is CCCCC1=NC(CCCC)(CCCC)CS1. The highest BCUT2D eigenvalue weighted by molar-refractivity contribution is 8.14. The van der Waals surface area contributed by atoms with E-state index in [4.69, 9.17) is 4.99 Å². The molecule has 0 aromatic carbocycles. The van der Waals surface area contributed by atoms with Gasteiger partial charge >= 0.3 is 0 Å². The molecular weight excluding hydrogens is 226 g/mol. The Balaban J connectivity index is 2.54. The summed E-state index contributed by atoms with van der Waals surface area (Å²) in [5.41, 5.74) is 0.319. The van der Waals surface area contributed by atoms with Crippen molar-refractivity contribution in [2.45, 2.75) is 84.1 Å². The van der Waals surface area contributed by atoms with E-state index in [0.29, 0.717) is 5.54 Å². The lowest BCUT2D eigenvalue weighted by Crippen LogP contribution is -2.26. The molecule has 0 bridgehead atoms. The normalized spacial score (nSPS) is 18.4. The predicted molar refractivity (Wildman–Crippen MR) is 81.2 cm³/mol. The summed E-state index contributed by atoms with van der Waals surface area (Å²) in [4.78, 5) is 5.11. The summed E-state index contributed by atoms with van der Waals surface area (Å²) < 4.78 is 0.